The molecular weight excluding hydrogens is 328 g/mol. The molecule has 25 heavy (non-hydrogen) atoms. The number of hydrogen-bond donors (Lipinski definition) is 0. The molecule has 4 nitrogen and oxygen atoms in total. The predicted octanol–water partition coefficient (Wildman–Crippen LogP) is 4.48. The van der Waals surface area contributed by atoms with Gasteiger partial charge in [-0.1, -0.05) is 6.07 Å². The molecule has 0 radical (unpaired) electrons. The van der Waals surface area contributed by atoms with E-state index in [4.69, 9.17) is 4.98 Å². The first-order valence-electron chi connectivity index (χ1n) is 9.19. The fourth-order valence-corrected chi connectivity index (χ4v) is 5.44. The van der Waals surface area contributed by atoms with Crippen molar-refractivity contribution in [2.24, 2.45) is 0 Å². The molecule has 5 rings (SSSR count). The number of likely N-dealkylation sites (tertiary alicyclic amines) is 1. The summed E-state index contributed by atoms with van der Waals surface area (Å²) >= 11 is 1.86. The molecule has 1 saturated heterocycles. The zero-order chi connectivity index (χ0) is 16.8. The summed E-state index contributed by atoms with van der Waals surface area (Å²) in [5.41, 5.74) is 3.35. The van der Waals surface area contributed by atoms with E-state index < -0.39 is 0 Å². The molecule has 3 heterocycles. The van der Waals surface area contributed by atoms with Gasteiger partial charge in [-0.3, -0.25) is 4.90 Å². The van der Waals surface area contributed by atoms with E-state index in [1.807, 2.05) is 23.7 Å². The van der Waals surface area contributed by atoms with Crippen molar-refractivity contribution in [1.29, 1.82) is 0 Å². The fraction of sp³-hybridized carbons (Fsp3) is 0.450. The second kappa shape index (κ2) is 6.15. The topological polar surface area (TPSA) is 41.9 Å². The van der Waals surface area contributed by atoms with Crippen molar-refractivity contribution < 1.29 is 0 Å². The average molecular weight is 350 g/mol. The van der Waals surface area contributed by atoms with Gasteiger partial charge in [0.05, 0.1) is 15.2 Å². The molecule has 2 fully saturated rings. The molecule has 1 atom stereocenters. The molecule has 0 spiro atoms. The van der Waals surface area contributed by atoms with E-state index in [-0.39, 0.29) is 0 Å². The van der Waals surface area contributed by atoms with Gasteiger partial charge in [0.15, 0.2) is 0 Å². The number of benzene rings is 1. The Labute approximate surface area is 152 Å². The molecule has 3 aromatic rings. The zero-order valence-electron chi connectivity index (χ0n) is 14.4. The molecule has 128 valence electrons. The van der Waals surface area contributed by atoms with E-state index in [1.165, 1.54) is 47.5 Å². The standard InChI is InChI=1S/C20H22N4S/c1-13-3-2-6-24(13)17-7-15(8-17)20-23-18-5-4-14(9-19(18)25-20)16-10-21-12-22-11-16/h4-5,9-13,15,17H,2-3,6-8H2,1H3/t13-,15?,17?/m1/s1. The second-order valence-electron chi connectivity index (χ2n) is 7.41. The van der Waals surface area contributed by atoms with E-state index in [9.17, 15) is 0 Å². The lowest BCUT2D eigenvalue weighted by atomic mass is 9.79. The maximum atomic E-state index is 4.92. The van der Waals surface area contributed by atoms with E-state index in [1.54, 1.807) is 6.33 Å². The van der Waals surface area contributed by atoms with Crippen LogP contribution in [-0.4, -0.2) is 38.5 Å². The Morgan fingerprint density at radius 1 is 1.12 bits per heavy atom. The van der Waals surface area contributed by atoms with Gasteiger partial charge in [-0.05, 0) is 56.8 Å². The lowest BCUT2D eigenvalue weighted by molar-refractivity contribution is 0.103. The van der Waals surface area contributed by atoms with Gasteiger partial charge in [-0.25, -0.2) is 15.0 Å². The number of aromatic nitrogens is 3. The molecule has 5 heteroatoms. The van der Waals surface area contributed by atoms with Crippen molar-refractivity contribution in [2.45, 2.75) is 50.6 Å². The lowest BCUT2D eigenvalue weighted by Crippen LogP contribution is -2.45. The minimum Gasteiger partial charge on any atom is -0.298 e. The van der Waals surface area contributed by atoms with Gasteiger partial charge >= 0.3 is 0 Å². The number of thiazole rings is 1. The van der Waals surface area contributed by atoms with Crippen molar-refractivity contribution in [1.82, 2.24) is 19.9 Å². The average Bonchev–Trinajstić information content (AvgIpc) is 3.20. The Morgan fingerprint density at radius 2 is 1.96 bits per heavy atom. The molecule has 0 unspecified atom stereocenters. The quantitative estimate of drug-likeness (QED) is 0.698. The molecule has 1 saturated carbocycles. The van der Waals surface area contributed by atoms with Crippen LogP contribution in [-0.2, 0) is 0 Å². The van der Waals surface area contributed by atoms with E-state index >= 15 is 0 Å². The Bertz CT molecular complexity index is 885. The van der Waals surface area contributed by atoms with Crippen LogP contribution in [0.2, 0.25) is 0 Å². The summed E-state index contributed by atoms with van der Waals surface area (Å²) in [6.07, 6.45) is 10.6. The molecule has 2 aliphatic rings. The third kappa shape index (κ3) is 2.75. The van der Waals surface area contributed by atoms with E-state index in [2.05, 4.69) is 40.0 Å². The van der Waals surface area contributed by atoms with Crippen LogP contribution in [0, 0.1) is 0 Å². The Balaban J connectivity index is 1.35. The molecular formula is C20H22N4S. The highest BCUT2D eigenvalue weighted by molar-refractivity contribution is 7.18. The fourth-order valence-electron chi connectivity index (χ4n) is 4.30. The van der Waals surface area contributed by atoms with Gasteiger partial charge in [0.1, 0.15) is 6.33 Å². The Kier molecular flexibility index (Phi) is 3.79. The maximum absolute atomic E-state index is 4.92. The number of rotatable bonds is 3. The first-order valence-corrected chi connectivity index (χ1v) is 10.0. The van der Waals surface area contributed by atoms with E-state index in [0.29, 0.717) is 5.92 Å². The van der Waals surface area contributed by atoms with E-state index in [0.717, 1.165) is 23.2 Å². The van der Waals surface area contributed by atoms with Gasteiger partial charge < -0.3 is 0 Å². The summed E-state index contributed by atoms with van der Waals surface area (Å²) in [6.45, 7) is 3.67. The first-order chi connectivity index (χ1) is 12.3. The molecule has 0 N–H and O–H groups in total. The van der Waals surface area contributed by atoms with Crippen LogP contribution >= 0.6 is 11.3 Å². The van der Waals surface area contributed by atoms with Crippen LogP contribution in [0.5, 0.6) is 0 Å². The minimum absolute atomic E-state index is 0.652. The van der Waals surface area contributed by atoms with Crippen LogP contribution in [0.1, 0.15) is 43.5 Å². The van der Waals surface area contributed by atoms with Crippen molar-refractivity contribution in [3.05, 3.63) is 41.9 Å². The largest absolute Gasteiger partial charge is 0.298 e. The van der Waals surface area contributed by atoms with Crippen molar-refractivity contribution in [2.75, 3.05) is 6.54 Å². The third-order valence-electron chi connectivity index (χ3n) is 5.83. The zero-order valence-corrected chi connectivity index (χ0v) is 15.2. The van der Waals surface area contributed by atoms with Gasteiger partial charge in [-0.2, -0.15) is 0 Å². The molecule has 0 bridgehead atoms. The highest BCUT2D eigenvalue weighted by Gasteiger charge is 2.39. The van der Waals surface area contributed by atoms with Gasteiger partial charge in [-0.15, -0.1) is 11.3 Å². The highest BCUT2D eigenvalue weighted by atomic mass is 32.1. The number of fused-ring (bicyclic) bond motifs is 1. The second-order valence-corrected chi connectivity index (χ2v) is 8.48. The lowest BCUT2D eigenvalue weighted by Gasteiger charge is -2.42. The summed E-state index contributed by atoms with van der Waals surface area (Å²) in [5.74, 6) is 0.652. The first kappa shape index (κ1) is 15.4. The highest BCUT2D eigenvalue weighted by Crippen LogP contribution is 2.44. The predicted molar refractivity (Wildman–Crippen MR) is 102 cm³/mol. The summed E-state index contributed by atoms with van der Waals surface area (Å²) in [4.78, 5) is 15.9. The summed E-state index contributed by atoms with van der Waals surface area (Å²) in [7, 11) is 0. The third-order valence-corrected chi connectivity index (χ3v) is 7.02. The van der Waals surface area contributed by atoms with Crippen LogP contribution < -0.4 is 0 Å². The molecule has 1 aliphatic carbocycles. The van der Waals surface area contributed by atoms with Gasteiger partial charge in [0.2, 0.25) is 0 Å². The Hall–Kier alpha value is -1.85. The summed E-state index contributed by atoms with van der Waals surface area (Å²) in [5, 5.41) is 1.32. The summed E-state index contributed by atoms with van der Waals surface area (Å²) in [6, 6.07) is 8.05. The monoisotopic (exact) mass is 350 g/mol. The Morgan fingerprint density at radius 3 is 2.72 bits per heavy atom. The minimum atomic E-state index is 0.652. The van der Waals surface area contributed by atoms with Crippen molar-refractivity contribution in [3.8, 4) is 11.1 Å². The van der Waals surface area contributed by atoms with Crippen LogP contribution in [0.4, 0.5) is 0 Å². The van der Waals surface area contributed by atoms with Crippen LogP contribution in [0.25, 0.3) is 21.3 Å². The normalized spacial score (nSPS) is 26.8. The summed E-state index contributed by atoms with van der Waals surface area (Å²) < 4.78 is 1.27. The molecule has 1 aliphatic heterocycles. The van der Waals surface area contributed by atoms with Gasteiger partial charge in [0, 0.05) is 36.0 Å². The maximum Gasteiger partial charge on any atom is 0.115 e. The van der Waals surface area contributed by atoms with Crippen molar-refractivity contribution >= 4 is 21.6 Å². The smallest absolute Gasteiger partial charge is 0.115 e. The molecule has 0 amide bonds. The number of hydrogen-bond acceptors (Lipinski definition) is 5. The van der Waals surface area contributed by atoms with Crippen LogP contribution in [0.3, 0.4) is 0 Å². The van der Waals surface area contributed by atoms with Crippen molar-refractivity contribution in [3.63, 3.8) is 0 Å². The SMILES string of the molecule is C[C@@H]1CCCN1C1CC(c2nc3ccc(-c4cncnc4)cc3s2)C1. The van der Waals surface area contributed by atoms with Gasteiger partial charge in [0.25, 0.3) is 0 Å². The molecule has 2 aromatic heterocycles. The molecule has 1 aromatic carbocycles. The van der Waals surface area contributed by atoms with Crippen LogP contribution in [0.15, 0.2) is 36.9 Å². The number of nitrogens with zero attached hydrogens (tertiary/aromatic N) is 4.